The summed E-state index contributed by atoms with van der Waals surface area (Å²) in [5.74, 6) is -0.0710. The van der Waals surface area contributed by atoms with Gasteiger partial charge in [0.15, 0.2) is 0 Å². The van der Waals surface area contributed by atoms with Crippen molar-refractivity contribution in [3.63, 3.8) is 0 Å². The quantitative estimate of drug-likeness (QED) is 0.878. The third-order valence-electron chi connectivity index (χ3n) is 4.04. The van der Waals surface area contributed by atoms with Crippen LogP contribution in [0.1, 0.15) is 6.92 Å². The Morgan fingerprint density at radius 2 is 1.50 bits per heavy atom. The van der Waals surface area contributed by atoms with Gasteiger partial charge in [-0.3, -0.25) is 9.36 Å². The van der Waals surface area contributed by atoms with Gasteiger partial charge in [-0.05, 0) is 31.2 Å². The molecule has 1 fully saturated rings. The van der Waals surface area contributed by atoms with Crippen LogP contribution in [0.4, 0.5) is 0 Å². The van der Waals surface area contributed by atoms with Gasteiger partial charge in [0, 0.05) is 23.7 Å². The number of benzene rings is 2. The highest BCUT2D eigenvalue weighted by Gasteiger charge is 2.41. The molecule has 0 bridgehead atoms. The third-order valence-corrected chi connectivity index (χ3v) is 7.31. The molecule has 1 heterocycles. The van der Waals surface area contributed by atoms with Gasteiger partial charge in [-0.2, -0.15) is 0 Å². The Morgan fingerprint density at radius 3 is 2.00 bits per heavy atom. The van der Waals surface area contributed by atoms with Gasteiger partial charge >= 0.3 is 0 Å². The lowest BCUT2D eigenvalue weighted by Gasteiger charge is -2.39. The monoisotopic (exact) mass is 314 g/mol. The number of nitrogens with one attached hydrogen (secondary N) is 1. The molecule has 0 aromatic heterocycles. The van der Waals surface area contributed by atoms with E-state index in [-0.39, 0.29) is 5.91 Å². The van der Waals surface area contributed by atoms with Crippen LogP contribution in [0.15, 0.2) is 60.7 Å². The van der Waals surface area contributed by atoms with Crippen LogP contribution in [0, 0.1) is 0 Å². The largest absolute Gasteiger partial charge is 0.353 e. The number of piperazine rings is 1. The SMILES string of the molecule is CC1C(=O)NCCN1P(=O)(c1ccccc1)c1ccccc1. The molecule has 0 spiro atoms. The summed E-state index contributed by atoms with van der Waals surface area (Å²) in [6, 6.07) is 18.5. The van der Waals surface area contributed by atoms with E-state index in [9.17, 15) is 9.36 Å². The maximum Gasteiger partial charge on any atom is 0.237 e. The lowest BCUT2D eigenvalue weighted by Crippen LogP contribution is -2.54. The molecule has 1 N–H and O–H groups in total. The predicted octanol–water partition coefficient (Wildman–Crippen LogP) is 1.74. The molecule has 22 heavy (non-hydrogen) atoms. The standard InChI is InChI=1S/C17H19N2O2P/c1-14-17(20)18-12-13-19(14)22(21,15-8-4-2-5-9-15)16-10-6-3-7-11-16/h2-11,14H,12-13H2,1H3,(H,18,20). The van der Waals surface area contributed by atoms with E-state index >= 15 is 0 Å². The molecule has 2 aromatic rings. The predicted molar refractivity (Wildman–Crippen MR) is 88.9 cm³/mol. The number of hydrogen-bond acceptors (Lipinski definition) is 2. The molecular weight excluding hydrogens is 295 g/mol. The Labute approximate surface area is 130 Å². The van der Waals surface area contributed by atoms with Crippen LogP contribution in [0.3, 0.4) is 0 Å². The van der Waals surface area contributed by atoms with Gasteiger partial charge in [0.2, 0.25) is 13.2 Å². The van der Waals surface area contributed by atoms with E-state index in [4.69, 9.17) is 0 Å². The Bertz CT molecular complexity index is 660. The van der Waals surface area contributed by atoms with Crippen LogP contribution in [-0.4, -0.2) is 29.7 Å². The number of nitrogens with zero attached hydrogens (tertiary/aromatic N) is 1. The number of hydrogen-bond donors (Lipinski definition) is 1. The fourth-order valence-corrected chi connectivity index (χ4v) is 5.88. The molecule has 0 saturated carbocycles. The van der Waals surface area contributed by atoms with E-state index in [2.05, 4.69) is 5.32 Å². The zero-order valence-corrected chi connectivity index (χ0v) is 13.4. The molecule has 2 aromatic carbocycles. The maximum atomic E-state index is 14.1. The Kier molecular flexibility index (Phi) is 4.14. The molecule has 1 atom stereocenters. The minimum absolute atomic E-state index is 0.0710. The summed E-state index contributed by atoms with van der Waals surface area (Å²) in [5.41, 5.74) is 0. The van der Waals surface area contributed by atoms with E-state index in [0.29, 0.717) is 13.1 Å². The first-order valence-electron chi connectivity index (χ1n) is 7.40. The molecule has 3 rings (SSSR count). The normalized spacial score (nSPS) is 19.7. The number of carbonyl (C=O) groups excluding carboxylic acids is 1. The zero-order chi connectivity index (χ0) is 15.6. The molecule has 5 heteroatoms. The lowest BCUT2D eigenvalue weighted by molar-refractivity contribution is -0.126. The summed E-state index contributed by atoms with van der Waals surface area (Å²) in [7, 11) is -3.02. The van der Waals surface area contributed by atoms with Crippen molar-refractivity contribution in [2.45, 2.75) is 13.0 Å². The minimum atomic E-state index is -3.02. The van der Waals surface area contributed by atoms with E-state index in [1.165, 1.54) is 0 Å². The molecule has 0 aliphatic carbocycles. The number of carbonyl (C=O) groups is 1. The van der Waals surface area contributed by atoms with Crippen molar-refractivity contribution in [3.05, 3.63) is 60.7 Å². The van der Waals surface area contributed by atoms with Crippen molar-refractivity contribution >= 4 is 23.8 Å². The first-order chi connectivity index (χ1) is 10.6. The van der Waals surface area contributed by atoms with Crippen molar-refractivity contribution < 1.29 is 9.36 Å². The molecule has 1 unspecified atom stereocenters. The summed E-state index contributed by atoms with van der Waals surface area (Å²) < 4.78 is 15.9. The summed E-state index contributed by atoms with van der Waals surface area (Å²) in [6.07, 6.45) is 0. The third kappa shape index (κ3) is 2.49. The molecule has 1 aliphatic heterocycles. The number of rotatable bonds is 3. The highest BCUT2D eigenvalue weighted by molar-refractivity contribution is 7.76. The van der Waals surface area contributed by atoms with Gasteiger partial charge in [0.25, 0.3) is 0 Å². The van der Waals surface area contributed by atoms with Crippen molar-refractivity contribution in [1.29, 1.82) is 0 Å². The molecule has 1 aliphatic rings. The van der Waals surface area contributed by atoms with Gasteiger partial charge in [0.1, 0.15) is 0 Å². The van der Waals surface area contributed by atoms with Crippen molar-refractivity contribution in [1.82, 2.24) is 9.99 Å². The Balaban J connectivity index is 2.16. The smallest absolute Gasteiger partial charge is 0.237 e. The van der Waals surface area contributed by atoms with Crippen LogP contribution < -0.4 is 15.9 Å². The fraction of sp³-hybridized carbons (Fsp3) is 0.235. The Hall–Kier alpha value is -1.90. The molecule has 1 amide bonds. The van der Waals surface area contributed by atoms with Gasteiger partial charge < -0.3 is 5.32 Å². The first kappa shape index (κ1) is 15.0. The molecule has 114 valence electrons. The average Bonchev–Trinajstić information content (AvgIpc) is 2.58. The van der Waals surface area contributed by atoms with Gasteiger partial charge in [0.05, 0.1) is 6.04 Å². The zero-order valence-electron chi connectivity index (χ0n) is 12.5. The van der Waals surface area contributed by atoms with E-state index in [1.807, 2.05) is 72.3 Å². The summed E-state index contributed by atoms with van der Waals surface area (Å²) >= 11 is 0. The van der Waals surface area contributed by atoms with Crippen LogP contribution in [0.2, 0.25) is 0 Å². The van der Waals surface area contributed by atoms with Crippen LogP contribution in [-0.2, 0) is 9.36 Å². The second kappa shape index (κ2) is 6.07. The van der Waals surface area contributed by atoms with Gasteiger partial charge in [-0.1, -0.05) is 36.4 Å². The van der Waals surface area contributed by atoms with Crippen molar-refractivity contribution in [2.75, 3.05) is 13.1 Å². The molecule has 1 saturated heterocycles. The topological polar surface area (TPSA) is 49.4 Å². The van der Waals surface area contributed by atoms with Crippen LogP contribution in [0.25, 0.3) is 0 Å². The summed E-state index contributed by atoms with van der Waals surface area (Å²) in [6.45, 7) is 2.91. The number of amides is 1. The van der Waals surface area contributed by atoms with Crippen molar-refractivity contribution in [2.24, 2.45) is 0 Å². The first-order valence-corrected chi connectivity index (χ1v) is 9.06. The van der Waals surface area contributed by atoms with Crippen molar-refractivity contribution in [3.8, 4) is 0 Å². The maximum absolute atomic E-state index is 14.1. The van der Waals surface area contributed by atoms with E-state index in [1.54, 1.807) is 0 Å². The van der Waals surface area contributed by atoms with E-state index < -0.39 is 13.3 Å². The Morgan fingerprint density at radius 1 is 1.00 bits per heavy atom. The average molecular weight is 314 g/mol. The molecule has 0 radical (unpaired) electrons. The van der Waals surface area contributed by atoms with Gasteiger partial charge in [-0.15, -0.1) is 0 Å². The van der Waals surface area contributed by atoms with Crippen LogP contribution in [0.5, 0.6) is 0 Å². The highest BCUT2D eigenvalue weighted by atomic mass is 31.2. The van der Waals surface area contributed by atoms with Crippen LogP contribution >= 0.6 is 7.29 Å². The second-order valence-electron chi connectivity index (χ2n) is 5.38. The van der Waals surface area contributed by atoms with Gasteiger partial charge in [-0.25, -0.2) is 4.67 Å². The summed E-state index contributed by atoms with van der Waals surface area (Å²) in [5, 5.41) is 4.37. The highest BCUT2D eigenvalue weighted by Crippen LogP contribution is 2.49. The van der Waals surface area contributed by atoms with E-state index in [0.717, 1.165) is 10.6 Å². The lowest BCUT2D eigenvalue weighted by atomic mass is 10.2. The fourth-order valence-electron chi connectivity index (χ4n) is 2.86. The molecule has 4 nitrogen and oxygen atoms in total. The summed E-state index contributed by atoms with van der Waals surface area (Å²) in [4.78, 5) is 12.0. The minimum Gasteiger partial charge on any atom is -0.353 e. The second-order valence-corrected chi connectivity index (χ2v) is 8.08. The molecular formula is C17H19N2O2P.